The maximum absolute atomic E-state index is 13.3. The monoisotopic (exact) mass is 586 g/mol. The number of carbonyl (C=O) groups is 4. The fraction of sp³-hybridized carbons (Fsp3) is 0.594. The fourth-order valence-electron chi connectivity index (χ4n) is 4.59. The number of hydrogen-bond donors (Lipinski definition) is 4. The zero-order valence-corrected chi connectivity index (χ0v) is 24.8. The quantitative estimate of drug-likeness (QED) is 0.0848. The van der Waals surface area contributed by atoms with Gasteiger partial charge in [-0.2, -0.15) is 5.26 Å². The third-order valence-electron chi connectivity index (χ3n) is 7.16. The molecule has 0 saturated carbocycles. The van der Waals surface area contributed by atoms with Crippen molar-refractivity contribution in [2.45, 2.75) is 108 Å². The van der Waals surface area contributed by atoms with Crippen LogP contribution in [0.25, 0.3) is 0 Å². The highest BCUT2D eigenvalue weighted by molar-refractivity contribution is 5.93. The van der Waals surface area contributed by atoms with Crippen LogP contribution in [-0.4, -0.2) is 57.7 Å². The number of esters is 1. The van der Waals surface area contributed by atoms with Crippen LogP contribution < -0.4 is 5.32 Å². The van der Waals surface area contributed by atoms with Crippen LogP contribution >= 0.6 is 0 Å². The molecule has 4 N–H and O–H groups in total. The highest BCUT2D eigenvalue weighted by Gasteiger charge is 2.47. The van der Waals surface area contributed by atoms with Gasteiger partial charge in [0.05, 0.1) is 25.5 Å². The number of nitrogens with zero attached hydrogens (tertiary/aromatic N) is 1. The van der Waals surface area contributed by atoms with Crippen LogP contribution in [0.1, 0.15) is 96.0 Å². The first-order chi connectivity index (χ1) is 20.1. The molecular weight excluding hydrogens is 540 g/mol. The highest BCUT2D eigenvalue weighted by Crippen LogP contribution is 2.25. The van der Waals surface area contributed by atoms with Gasteiger partial charge in [-0.25, -0.2) is 9.59 Å². The molecule has 0 aromatic heterocycles. The van der Waals surface area contributed by atoms with Gasteiger partial charge in [-0.15, -0.1) is 0 Å². The largest absolute Gasteiger partial charge is 0.508 e. The van der Waals surface area contributed by atoms with Crippen molar-refractivity contribution in [1.82, 2.24) is 5.32 Å². The number of ether oxygens (including phenoxy) is 1. The maximum Gasteiger partial charge on any atom is 0.337 e. The standard InChI is InChI=1S/C32H46N2O8/c1-3-4-5-8-11-14-25(35)15-12-9-6-7-10-13-16-27(32(41,21-22-33)31(39)40)29(37)34-28(30(38)42-2)23-24-17-19-26(36)20-18-24/h13,16-20,27-28,36,41H,3-12,14-15,21,23H2,1-2H3,(H,34,37)(H,39,40)/b16-13+/t27-,28+,32+/m1/s1. The van der Waals surface area contributed by atoms with Crippen LogP contribution in [0.4, 0.5) is 0 Å². The van der Waals surface area contributed by atoms with Crippen LogP contribution in [0.2, 0.25) is 0 Å². The van der Waals surface area contributed by atoms with Crippen molar-refractivity contribution in [2.75, 3.05) is 7.11 Å². The molecule has 3 atom stereocenters. The van der Waals surface area contributed by atoms with Gasteiger partial charge in [-0.3, -0.25) is 9.59 Å². The Kier molecular flexibility index (Phi) is 17.5. The number of allylic oxidation sites excluding steroid dienone is 1. The van der Waals surface area contributed by atoms with E-state index in [4.69, 9.17) is 4.74 Å². The van der Waals surface area contributed by atoms with Gasteiger partial charge in [-0.05, 0) is 43.4 Å². The normalized spacial score (nSPS) is 14.0. The van der Waals surface area contributed by atoms with Crippen molar-refractivity contribution in [3.63, 3.8) is 0 Å². The SMILES string of the molecule is CCCCCCCC(=O)CCCCCC/C=C/[C@H](C(=O)N[C@@H](Cc1ccc(O)cc1)C(=O)OC)[C@@](O)(CC#N)C(=O)O. The lowest BCUT2D eigenvalue weighted by Crippen LogP contribution is -2.54. The number of carbonyl (C=O) groups excluding carboxylic acids is 3. The van der Waals surface area contributed by atoms with Crippen molar-refractivity contribution < 1.29 is 39.2 Å². The number of hydrogen-bond acceptors (Lipinski definition) is 8. The fourth-order valence-corrected chi connectivity index (χ4v) is 4.59. The molecule has 0 bridgehead atoms. The Hall–Kier alpha value is -3.71. The maximum atomic E-state index is 13.3. The van der Waals surface area contributed by atoms with E-state index in [1.165, 1.54) is 37.5 Å². The number of nitrogens with one attached hydrogen (secondary N) is 1. The number of Topliss-reactive ketones (excluding diaryl/α,β-unsaturated/α-hetero) is 1. The van der Waals surface area contributed by atoms with Crippen molar-refractivity contribution in [3.8, 4) is 11.8 Å². The first kappa shape index (κ1) is 36.3. The molecule has 1 aromatic rings. The van der Waals surface area contributed by atoms with Crippen LogP contribution in [0, 0.1) is 17.2 Å². The molecule has 0 unspecified atom stereocenters. The van der Waals surface area contributed by atoms with E-state index in [1.54, 1.807) is 24.3 Å². The van der Waals surface area contributed by atoms with E-state index in [9.17, 15) is 39.8 Å². The molecular formula is C32H46N2O8. The van der Waals surface area contributed by atoms with Gasteiger partial charge in [0.1, 0.15) is 17.6 Å². The number of rotatable bonds is 22. The van der Waals surface area contributed by atoms with Gasteiger partial charge in [0.25, 0.3) is 0 Å². The lowest BCUT2D eigenvalue weighted by atomic mass is 9.83. The topological polar surface area (TPSA) is 174 Å². The summed E-state index contributed by atoms with van der Waals surface area (Å²) < 4.78 is 4.79. The number of phenolic OH excluding ortho intramolecular Hbond substituents is 1. The van der Waals surface area contributed by atoms with E-state index in [0.29, 0.717) is 30.6 Å². The van der Waals surface area contributed by atoms with E-state index in [0.717, 1.165) is 45.6 Å². The first-order valence-electron chi connectivity index (χ1n) is 14.8. The van der Waals surface area contributed by atoms with E-state index in [-0.39, 0.29) is 12.2 Å². The molecule has 42 heavy (non-hydrogen) atoms. The minimum Gasteiger partial charge on any atom is -0.508 e. The minimum absolute atomic E-state index is 0.0137. The van der Waals surface area contributed by atoms with E-state index in [1.807, 2.05) is 0 Å². The zero-order chi connectivity index (χ0) is 31.4. The highest BCUT2D eigenvalue weighted by atomic mass is 16.5. The average Bonchev–Trinajstić information content (AvgIpc) is 2.96. The van der Waals surface area contributed by atoms with Gasteiger partial charge in [0, 0.05) is 19.3 Å². The average molecular weight is 587 g/mol. The number of carboxylic acid groups (broad SMARTS) is 1. The minimum atomic E-state index is -2.72. The summed E-state index contributed by atoms with van der Waals surface area (Å²) in [5, 5.41) is 41.7. The Labute approximate surface area is 248 Å². The summed E-state index contributed by atoms with van der Waals surface area (Å²) in [5.41, 5.74) is -2.12. The molecule has 232 valence electrons. The van der Waals surface area contributed by atoms with Crippen molar-refractivity contribution >= 4 is 23.6 Å². The lowest BCUT2D eigenvalue weighted by Gasteiger charge is -2.29. The Morgan fingerprint density at radius 1 is 1.00 bits per heavy atom. The smallest absolute Gasteiger partial charge is 0.337 e. The van der Waals surface area contributed by atoms with Crippen LogP contribution in [0.3, 0.4) is 0 Å². The number of amides is 1. The molecule has 0 fully saturated rings. The third kappa shape index (κ3) is 13.3. The van der Waals surface area contributed by atoms with Gasteiger partial charge in [0.2, 0.25) is 5.91 Å². The summed E-state index contributed by atoms with van der Waals surface area (Å²) in [4.78, 5) is 49.7. The van der Waals surface area contributed by atoms with Crippen LogP contribution in [0.5, 0.6) is 5.75 Å². The number of phenols is 1. The summed E-state index contributed by atoms with van der Waals surface area (Å²) >= 11 is 0. The Morgan fingerprint density at radius 3 is 2.14 bits per heavy atom. The zero-order valence-electron chi connectivity index (χ0n) is 24.8. The third-order valence-corrected chi connectivity index (χ3v) is 7.16. The van der Waals surface area contributed by atoms with Crippen molar-refractivity contribution in [3.05, 3.63) is 42.0 Å². The summed E-state index contributed by atoms with van der Waals surface area (Å²) in [6, 6.07) is 6.37. The van der Waals surface area contributed by atoms with Gasteiger partial charge >= 0.3 is 11.9 Å². The Balaban J connectivity index is 2.77. The van der Waals surface area contributed by atoms with Gasteiger partial charge in [-0.1, -0.05) is 69.7 Å². The number of nitriles is 1. The number of aromatic hydroxyl groups is 1. The summed E-state index contributed by atoms with van der Waals surface area (Å²) in [7, 11) is 1.14. The predicted octanol–water partition coefficient (Wildman–Crippen LogP) is 4.76. The Bertz CT molecular complexity index is 1060. The first-order valence-corrected chi connectivity index (χ1v) is 14.8. The molecule has 0 heterocycles. The summed E-state index contributed by atoms with van der Waals surface area (Å²) in [6.45, 7) is 2.16. The Morgan fingerprint density at radius 2 is 1.60 bits per heavy atom. The second-order valence-electron chi connectivity index (χ2n) is 10.6. The van der Waals surface area contributed by atoms with Crippen molar-refractivity contribution in [1.29, 1.82) is 5.26 Å². The molecule has 0 aliphatic carbocycles. The number of aliphatic carboxylic acids is 1. The second-order valence-corrected chi connectivity index (χ2v) is 10.6. The summed E-state index contributed by atoms with van der Waals surface area (Å²) in [6.07, 6.45) is 12.5. The number of carboxylic acids is 1. The number of methoxy groups -OCH3 is 1. The van der Waals surface area contributed by atoms with E-state index >= 15 is 0 Å². The molecule has 0 aliphatic rings. The van der Waals surface area contributed by atoms with Crippen molar-refractivity contribution in [2.24, 2.45) is 5.92 Å². The van der Waals surface area contributed by atoms with Gasteiger partial charge < -0.3 is 25.4 Å². The molecule has 10 heteroatoms. The molecule has 0 aliphatic heterocycles. The second kappa shape index (κ2) is 20.2. The molecule has 0 spiro atoms. The predicted molar refractivity (Wildman–Crippen MR) is 157 cm³/mol. The molecule has 10 nitrogen and oxygen atoms in total. The van der Waals surface area contributed by atoms with E-state index in [2.05, 4.69) is 12.2 Å². The van der Waals surface area contributed by atoms with E-state index < -0.39 is 41.8 Å². The number of ketones is 1. The number of aliphatic hydroxyl groups is 1. The molecule has 1 rings (SSSR count). The lowest BCUT2D eigenvalue weighted by molar-refractivity contribution is -0.166. The number of unbranched alkanes of at least 4 members (excludes halogenated alkanes) is 8. The van der Waals surface area contributed by atoms with Crippen LogP contribution in [-0.2, 0) is 30.3 Å². The molecule has 1 aromatic carbocycles. The summed E-state index contributed by atoms with van der Waals surface area (Å²) in [5.74, 6) is -4.82. The molecule has 0 saturated heterocycles. The van der Waals surface area contributed by atoms with Gasteiger partial charge in [0.15, 0.2) is 5.60 Å². The molecule has 1 amide bonds. The molecule has 0 radical (unpaired) electrons. The number of benzene rings is 1. The van der Waals surface area contributed by atoms with Crippen LogP contribution in [0.15, 0.2) is 36.4 Å².